The van der Waals surface area contributed by atoms with E-state index in [1.165, 1.54) is 24.1 Å². The van der Waals surface area contributed by atoms with E-state index in [-0.39, 0.29) is 5.41 Å². The molecule has 0 bridgehead atoms. The summed E-state index contributed by atoms with van der Waals surface area (Å²) in [6, 6.07) is 6.44. The highest BCUT2D eigenvalue weighted by atomic mass is 16.5. The molecule has 0 aromatic heterocycles. The fourth-order valence-electron chi connectivity index (χ4n) is 2.52. The van der Waals surface area contributed by atoms with Gasteiger partial charge in [-0.3, -0.25) is 0 Å². The first-order chi connectivity index (χ1) is 10.5. The molecule has 1 aromatic rings. The Bertz CT molecular complexity index is 424. The summed E-state index contributed by atoms with van der Waals surface area (Å²) < 4.78 is 11.2. The molecule has 0 fully saturated rings. The molecule has 0 saturated heterocycles. The Morgan fingerprint density at radius 3 is 2.41 bits per heavy atom. The molecule has 0 amide bonds. The molecular formula is C19H34NO2+. The highest BCUT2D eigenvalue weighted by molar-refractivity contribution is 5.44. The first kappa shape index (κ1) is 19.0. The van der Waals surface area contributed by atoms with Gasteiger partial charge < -0.3 is 14.8 Å². The van der Waals surface area contributed by atoms with Crippen molar-refractivity contribution < 1.29 is 14.8 Å². The van der Waals surface area contributed by atoms with Crippen LogP contribution in [0.5, 0.6) is 5.75 Å². The number of nitrogens with two attached hydrogens (primary N) is 1. The van der Waals surface area contributed by atoms with Crippen LogP contribution in [0.2, 0.25) is 0 Å². The maximum absolute atomic E-state index is 6.11. The molecule has 3 nitrogen and oxygen atoms in total. The van der Waals surface area contributed by atoms with E-state index in [0.717, 1.165) is 38.3 Å². The van der Waals surface area contributed by atoms with E-state index >= 15 is 0 Å². The van der Waals surface area contributed by atoms with Crippen molar-refractivity contribution in [3.05, 3.63) is 29.3 Å². The minimum Gasteiger partial charge on any atom is -0.493 e. The van der Waals surface area contributed by atoms with Crippen LogP contribution in [0.25, 0.3) is 0 Å². The van der Waals surface area contributed by atoms with Gasteiger partial charge in [-0.05, 0) is 36.3 Å². The number of benzene rings is 1. The van der Waals surface area contributed by atoms with E-state index < -0.39 is 0 Å². The molecule has 2 N–H and O–H groups in total. The van der Waals surface area contributed by atoms with Crippen molar-refractivity contribution in [2.24, 2.45) is 0 Å². The predicted molar refractivity (Wildman–Crippen MR) is 92.8 cm³/mol. The van der Waals surface area contributed by atoms with E-state index in [0.29, 0.717) is 0 Å². The normalized spacial score (nSPS) is 11.7. The molecule has 0 radical (unpaired) electrons. The van der Waals surface area contributed by atoms with Crippen molar-refractivity contribution in [1.82, 2.24) is 0 Å². The van der Waals surface area contributed by atoms with Gasteiger partial charge >= 0.3 is 0 Å². The van der Waals surface area contributed by atoms with Gasteiger partial charge in [0.1, 0.15) is 5.75 Å². The Hall–Kier alpha value is -1.06. The number of ether oxygens (including phenoxy) is 2. The van der Waals surface area contributed by atoms with Crippen molar-refractivity contribution in [2.45, 2.75) is 52.4 Å². The fraction of sp³-hybridized carbons (Fsp3) is 0.684. The summed E-state index contributed by atoms with van der Waals surface area (Å²) >= 11 is 0. The van der Waals surface area contributed by atoms with Gasteiger partial charge in [-0.25, -0.2) is 0 Å². The quantitative estimate of drug-likeness (QED) is 0.674. The second-order valence-electron chi connectivity index (χ2n) is 6.97. The fourth-order valence-corrected chi connectivity index (χ4v) is 2.52. The van der Waals surface area contributed by atoms with Crippen molar-refractivity contribution in [3.8, 4) is 5.75 Å². The second-order valence-corrected chi connectivity index (χ2v) is 6.97. The largest absolute Gasteiger partial charge is 0.493 e. The van der Waals surface area contributed by atoms with Crippen molar-refractivity contribution in [3.63, 3.8) is 0 Å². The third-order valence-electron chi connectivity index (χ3n) is 3.83. The van der Waals surface area contributed by atoms with E-state index in [1.54, 1.807) is 7.11 Å². The summed E-state index contributed by atoms with van der Waals surface area (Å²) in [7, 11) is 1.76. The third-order valence-corrected chi connectivity index (χ3v) is 3.83. The molecule has 0 spiro atoms. The van der Waals surface area contributed by atoms with Crippen LogP contribution < -0.4 is 10.1 Å². The first-order valence-corrected chi connectivity index (χ1v) is 8.50. The SMILES string of the molecule is COCCC[NH2+]CCCCOc1c(C)cccc1C(C)(C)C. The topological polar surface area (TPSA) is 35.1 Å². The van der Waals surface area contributed by atoms with Gasteiger partial charge in [0.05, 0.1) is 26.3 Å². The van der Waals surface area contributed by atoms with Crippen LogP contribution in [0.3, 0.4) is 0 Å². The van der Waals surface area contributed by atoms with Crippen LogP contribution in [0.1, 0.15) is 51.2 Å². The lowest BCUT2D eigenvalue weighted by atomic mass is 9.85. The summed E-state index contributed by atoms with van der Waals surface area (Å²) in [6.45, 7) is 12.8. The lowest BCUT2D eigenvalue weighted by Gasteiger charge is -2.24. The molecule has 126 valence electrons. The minimum absolute atomic E-state index is 0.122. The van der Waals surface area contributed by atoms with Crippen LogP contribution >= 0.6 is 0 Å². The molecule has 0 saturated carbocycles. The molecule has 0 aliphatic carbocycles. The molecular weight excluding hydrogens is 274 g/mol. The summed E-state index contributed by atoms with van der Waals surface area (Å²) in [5.74, 6) is 1.08. The molecule has 1 aromatic carbocycles. The van der Waals surface area contributed by atoms with Crippen LogP contribution in [-0.2, 0) is 10.2 Å². The molecule has 0 aliphatic heterocycles. The van der Waals surface area contributed by atoms with E-state index in [1.807, 2.05) is 0 Å². The van der Waals surface area contributed by atoms with Crippen LogP contribution in [0.4, 0.5) is 0 Å². The molecule has 0 unspecified atom stereocenters. The number of rotatable bonds is 10. The molecule has 1 rings (SSSR count). The van der Waals surface area contributed by atoms with Crippen LogP contribution in [0, 0.1) is 6.92 Å². The van der Waals surface area contributed by atoms with Gasteiger partial charge in [0.25, 0.3) is 0 Å². The minimum atomic E-state index is 0.122. The van der Waals surface area contributed by atoms with Gasteiger partial charge in [0, 0.05) is 13.5 Å². The molecule has 0 aliphatic rings. The Morgan fingerprint density at radius 1 is 1.00 bits per heavy atom. The van der Waals surface area contributed by atoms with Gasteiger partial charge in [-0.1, -0.05) is 39.0 Å². The summed E-state index contributed by atoms with van der Waals surface area (Å²) in [4.78, 5) is 0. The number of aryl methyl sites for hydroxylation is 1. The summed E-state index contributed by atoms with van der Waals surface area (Å²) in [5.41, 5.74) is 2.66. The number of quaternary nitrogens is 1. The molecule has 3 heteroatoms. The van der Waals surface area contributed by atoms with Crippen LogP contribution in [-0.4, -0.2) is 33.4 Å². The van der Waals surface area contributed by atoms with Crippen molar-refractivity contribution in [2.75, 3.05) is 33.4 Å². The lowest BCUT2D eigenvalue weighted by Crippen LogP contribution is -2.84. The number of unbranched alkanes of at least 4 members (excludes halogenated alkanes) is 1. The first-order valence-electron chi connectivity index (χ1n) is 8.50. The Labute approximate surface area is 136 Å². The standard InChI is InChI=1S/C19H33NO2/c1-16-10-8-11-17(19(2,3)4)18(16)22-15-7-6-12-20-13-9-14-21-5/h8,10-11,20H,6-7,9,12-15H2,1-5H3/p+1. The monoisotopic (exact) mass is 308 g/mol. The van der Waals surface area contributed by atoms with Gasteiger partial charge in [0.15, 0.2) is 0 Å². The Balaban J connectivity index is 2.31. The van der Waals surface area contributed by atoms with E-state index in [9.17, 15) is 0 Å². The average Bonchev–Trinajstić information content (AvgIpc) is 2.45. The van der Waals surface area contributed by atoms with Crippen molar-refractivity contribution in [1.29, 1.82) is 0 Å². The third kappa shape index (κ3) is 6.80. The summed E-state index contributed by atoms with van der Waals surface area (Å²) in [5, 5.41) is 2.37. The van der Waals surface area contributed by atoms with Crippen molar-refractivity contribution >= 4 is 0 Å². The molecule has 22 heavy (non-hydrogen) atoms. The molecule has 0 atom stereocenters. The maximum Gasteiger partial charge on any atom is 0.125 e. The highest BCUT2D eigenvalue weighted by Crippen LogP contribution is 2.33. The van der Waals surface area contributed by atoms with Gasteiger partial charge in [-0.2, -0.15) is 0 Å². The zero-order chi connectivity index (χ0) is 16.4. The van der Waals surface area contributed by atoms with E-state index in [4.69, 9.17) is 9.47 Å². The number of hydrogen-bond acceptors (Lipinski definition) is 2. The second kappa shape index (κ2) is 9.86. The lowest BCUT2D eigenvalue weighted by molar-refractivity contribution is -0.655. The zero-order valence-corrected chi connectivity index (χ0v) is 15.1. The number of methoxy groups -OCH3 is 1. The maximum atomic E-state index is 6.11. The van der Waals surface area contributed by atoms with Gasteiger partial charge in [-0.15, -0.1) is 0 Å². The number of para-hydroxylation sites is 1. The smallest absolute Gasteiger partial charge is 0.125 e. The van der Waals surface area contributed by atoms with E-state index in [2.05, 4.69) is 51.2 Å². The highest BCUT2D eigenvalue weighted by Gasteiger charge is 2.19. The number of hydrogen-bond donors (Lipinski definition) is 1. The molecule has 0 heterocycles. The predicted octanol–water partition coefficient (Wildman–Crippen LogP) is 3.05. The average molecular weight is 308 g/mol. The Kier molecular flexibility index (Phi) is 8.51. The van der Waals surface area contributed by atoms with Gasteiger partial charge in [0.2, 0.25) is 0 Å². The summed E-state index contributed by atoms with van der Waals surface area (Å²) in [6.07, 6.45) is 3.44. The van der Waals surface area contributed by atoms with Crippen LogP contribution in [0.15, 0.2) is 18.2 Å². The zero-order valence-electron chi connectivity index (χ0n) is 15.1. The Morgan fingerprint density at radius 2 is 1.73 bits per heavy atom.